The van der Waals surface area contributed by atoms with E-state index < -0.39 is 5.60 Å². The monoisotopic (exact) mass is 316 g/mol. The summed E-state index contributed by atoms with van der Waals surface area (Å²) >= 11 is 0. The van der Waals surface area contributed by atoms with Crippen LogP contribution in [-0.2, 0) is 6.54 Å². The Morgan fingerprint density at radius 1 is 1.30 bits per heavy atom. The Balaban J connectivity index is 1.55. The number of ether oxygens (including phenoxy) is 1. The molecule has 1 aliphatic heterocycles. The van der Waals surface area contributed by atoms with Crippen LogP contribution in [0.2, 0.25) is 0 Å². The SMILES string of the molecule is Cc1cccc(CN2CCC(O)(COc3cccc(F)c3)C2)n1. The highest BCUT2D eigenvalue weighted by molar-refractivity contribution is 5.22. The molecule has 0 amide bonds. The number of hydrogen-bond acceptors (Lipinski definition) is 4. The van der Waals surface area contributed by atoms with Gasteiger partial charge in [-0.3, -0.25) is 9.88 Å². The van der Waals surface area contributed by atoms with Crippen LogP contribution >= 0.6 is 0 Å². The summed E-state index contributed by atoms with van der Waals surface area (Å²) in [7, 11) is 0. The fraction of sp³-hybridized carbons (Fsp3) is 0.389. The minimum absolute atomic E-state index is 0.161. The van der Waals surface area contributed by atoms with Gasteiger partial charge in [0.2, 0.25) is 0 Å². The normalized spacial score (nSPS) is 21.5. The largest absolute Gasteiger partial charge is 0.490 e. The summed E-state index contributed by atoms with van der Waals surface area (Å²) in [5.74, 6) is 0.102. The van der Waals surface area contributed by atoms with Gasteiger partial charge in [0, 0.05) is 31.4 Å². The van der Waals surface area contributed by atoms with Gasteiger partial charge in [-0.15, -0.1) is 0 Å². The Hall–Kier alpha value is -1.98. The number of aryl methyl sites for hydroxylation is 1. The average molecular weight is 316 g/mol. The fourth-order valence-corrected chi connectivity index (χ4v) is 2.88. The highest BCUT2D eigenvalue weighted by atomic mass is 19.1. The molecule has 4 nitrogen and oxygen atoms in total. The standard InChI is InChI=1S/C18H21FN2O2/c1-14-4-2-6-16(20-14)11-21-9-8-18(22,12-21)13-23-17-7-3-5-15(19)10-17/h2-7,10,22H,8-9,11-13H2,1H3. The Bertz CT molecular complexity index is 680. The maximum absolute atomic E-state index is 13.1. The third kappa shape index (κ3) is 4.27. The van der Waals surface area contributed by atoms with Gasteiger partial charge in [0.15, 0.2) is 0 Å². The number of aliphatic hydroxyl groups is 1. The minimum Gasteiger partial charge on any atom is -0.490 e. The second-order valence-electron chi connectivity index (χ2n) is 6.20. The first-order chi connectivity index (χ1) is 11.0. The first kappa shape index (κ1) is 15.9. The third-order valence-corrected chi connectivity index (χ3v) is 4.05. The van der Waals surface area contributed by atoms with Crippen molar-refractivity contribution < 1.29 is 14.2 Å². The van der Waals surface area contributed by atoms with Crippen LogP contribution < -0.4 is 4.74 Å². The molecule has 0 radical (unpaired) electrons. The van der Waals surface area contributed by atoms with Crippen molar-refractivity contribution in [2.24, 2.45) is 0 Å². The number of benzene rings is 1. The van der Waals surface area contributed by atoms with Crippen molar-refractivity contribution in [1.29, 1.82) is 0 Å². The zero-order valence-electron chi connectivity index (χ0n) is 13.2. The van der Waals surface area contributed by atoms with E-state index in [2.05, 4.69) is 9.88 Å². The molecule has 1 unspecified atom stereocenters. The van der Waals surface area contributed by atoms with Gasteiger partial charge >= 0.3 is 0 Å². The Kier molecular flexibility index (Phi) is 4.59. The Morgan fingerprint density at radius 2 is 2.13 bits per heavy atom. The van der Waals surface area contributed by atoms with E-state index >= 15 is 0 Å². The van der Waals surface area contributed by atoms with Crippen LogP contribution in [0, 0.1) is 12.7 Å². The predicted octanol–water partition coefficient (Wildman–Crippen LogP) is 2.54. The maximum Gasteiger partial charge on any atom is 0.126 e. The van der Waals surface area contributed by atoms with Crippen molar-refractivity contribution in [3.8, 4) is 5.75 Å². The van der Waals surface area contributed by atoms with Gasteiger partial charge in [0.1, 0.15) is 23.8 Å². The van der Waals surface area contributed by atoms with Gasteiger partial charge in [0.25, 0.3) is 0 Å². The van der Waals surface area contributed by atoms with Gasteiger partial charge in [-0.05, 0) is 37.6 Å². The lowest BCUT2D eigenvalue weighted by atomic mass is 10.1. The van der Waals surface area contributed by atoms with E-state index in [1.165, 1.54) is 12.1 Å². The lowest BCUT2D eigenvalue weighted by Gasteiger charge is -2.23. The summed E-state index contributed by atoms with van der Waals surface area (Å²) in [6.45, 7) is 4.16. The number of pyridine rings is 1. The summed E-state index contributed by atoms with van der Waals surface area (Å²) in [5.41, 5.74) is 1.09. The minimum atomic E-state index is -0.907. The fourth-order valence-electron chi connectivity index (χ4n) is 2.88. The highest BCUT2D eigenvalue weighted by Gasteiger charge is 2.37. The van der Waals surface area contributed by atoms with Crippen LogP contribution in [0.15, 0.2) is 42.5 Å². The molecule has 2 heterocycles. The van der Waals surface area contributed by atoms with Gasteiger partial charge in [-0.25, -0.2) is 4.39 Å². The van der Waals surface area contributed by atoms with Gasteiger partial charge in [-0.1, -0.05) is 12.1 Å². The first-order valence-electron chi connectivity index (χ1n) is 7.78. The Morgan fingerprint density at radius 3 is 2.91 bits per heavy atom. The van der Waals surface area contributed by atoms with E-state index in [9.17, 15) is 9.50 Å². The van der Waals surface area contributed by atoms with Gasteiger partial charge < -0.3 is 9.84 Å². The topological polar surface area (TPSA) is 45.6 Å². The molecular formula is C18H21FN2O2. The number of halogens is 1. The molecule has 2 aromatic rings. The molecule has 1 aromatic heterocycles. The van der Waals surface area contributed by atoms with Gasteiger partial charge in [-0.2, -0.15) is 0 Å². The van der Waals surface area contributed by atoms with E-state index in [4.69, 9.17) is 4.74 Å². The number of nitrogens with zero attached hydrogens (tertiary/aromatic N) is 2. The lowest BCUT2D eigenvalue weighted by molar-refractivity contribution is 0.00321. The second-order valence-corrected chi connectivity index (χ2v) is 6.20. The molecule has 0 aliphatic carbocycles. The summed E-state index contributed by atoms with van der Waals surface area (Å²) in [6, 6.07) is 11.9. The van der Waals surface area contributed by atoms with E-state index in [0.29, 0.717) is 25.3 Å². The van der Waals surface area contributed by atoms with Crippen LogP contribution in [0.4, 0.5) is 4.39 Å². The molecule has 122 valence electrons. The molecule has 1 N–H and O–H groups in total. The first-order valence-corrected chi connectivity index (χ1v) is 7.78. The molecule has 3 rings (SSSR count). The number of likely N-dealkylation sites (tertiary alicyclic amines) is 1. The summed E-state index contributed by atoms with van der Waals surface area (Å²) in [6.07, 6.45) is 0.633. The zero-order chi connectivity index (χ0) is 16.3. The molecule has 5 heteroatoms. The van der Waals surface area contributed by atoms with Crippen LogP contribution in [0.25, 0.3) is 0 Å². The number of hydrogen-bond donors (Lipinski definition) is 1. The van der Waals surface area contributed by atoms with Crippen LogP contribution in [0.3, 0.4) is 0 Å². The Labute approximate surface area is 135 Å². The van der Waals surface area contributed by atoms with Crippen molar-refractivity contribution in [3.63, 3.8) is 0 Å². The van der Waals surface area contributed by atoms with Crippen molar-refractivity contribution in [1.82, 2.24) is 9.88 Å². The molecule has 1 atom stereocenters. The quantitative estimate of drug-likeness (QED) is 0.921. The van der Waals surface area contributed by atoms with Crippen molar-refractivity contribution >= 4 is 0 Å². The lowest BCUT2D eigenvalue weighted by Crippen LogP contribution is -2.39. The molecule has 0 spiro atoms. The highest BCUT2D eigenvalue weighted by Crippen LogP contribution is 2.24. The van der Waals surface area contributed by atoms with E-state index in [1.54, 1.807) is 12.1 Å². The van der Waals surface area contributed by atoms with Crippen LogP contribution in [-0.4, -0.2) is 40.3 Å². The van der Waals surface area contributed by atoms with Crippen LogP contribution in [0.5, 0.6) is 5.75 Å². The summed E-state index contributed by atoms with van der Waals surface area (Å²) < 4.78 is 18.7. The maximum atomic E-state index is 13.1. The molecule has 1 aliphatic rings. The smallest absolute Gasteiger partial charge is 0.126 e. The molecular weight excluding hydrogens is 295 g/mol. The van der Waals surface area contributed by atoms with Crippen molar-refractivity contribution in [2.45, 2.75) is 25.5 Å². The molecule has 1 saturated heterocycles. The van der Waals surface area contributed by atoms with Crippen LogP contribution in [0.1, 0.15) is 17.8 Å². The van der Waals surface area contributed by atoms with E-state index in [-0.39, 0.29) is 12.4 Å². The number of rotatable bonds is 5. The van der Waals surface area contributed by atoms with Crippen molar-refractivity contribution in [2.75, 3.05) is 19.7 Å². The van der Waals surface area contributed by atoms with Crippen molar-refractivity contribution in [3.05, 3.63) is 59.7 Å². The second kappa shape index (κ2) is 6.64. The predicted molar refractivity (Wildman–Crippen MR) is 85.7 cm³/mol. The molecule has 1 fully saturated rings. The summed E-state index contributed by atoms with van der Waals surface area (Å²) in [4.78, 5) is 6.65. The van der Waals surface area contributed by atoms with Gasteiger partial charge in [0.05, 0.1) is 5.69 Å². The summed E-state index contributed by atoms with van der Waals surface area (Å²) in [5, 5.41) is 10.6. The number of aromatic nitrogens is 1. The van der Waals surface area contributed by atoms with E-state index in [1.807, 2.05) is 25.1 Å². The molecule has 23 heavy (non-hydrogen) atoms. The molecule has 1 aromatic carbocycles. The average Bonchev–Trinajstić information content (AvgIpc) is 2.87. The number of β-amino-alcohol motifs (C(OH)–C–C–N with tert-alkyl or cyclic N) is 1. The molecule has 0 saturated carbocycles. The zero-order valence-corrected chi connectivity index (χ0v) is 13.2. The van der Waals surface area contributed by atoms with E-state index in [0.717, 1.165) is 17.9 Å². The molecule has 0 bridgehead atoms. The third-order valence-electron chi connectivity index (χ3n) is 4.05.